The van der Waals surface area contributed by atoms with E-state index in [0.29, 0.717) is 0 Å². The highest BCUT2D eigenvalue weighted by molar-refractivity contribution is 14.1. The maximum absolute atomic E-state index is 11.7. The van der Waals surface area contributed by atoms with E-state index >= 15 is 0 Å². The van der Waals surface area contributed by atoms with E-state index in [0.717, 1.165) is 28.6 Å². The second-order valence-corrected chi connectivity index (χ2v) is 5.17. The van der Waals surface area contributed by atoms with Crippen molar-refractivity contribution in [2.75, 3.05) is 27.2 Å². The molecule has 0 unspecified atom stereocenters. The highest BCUT2D eigenvalue weighted by atomic mass is 127. The van der Waals surface area contributed by atoms with E-state index in [1.165, 1.54) is 0 Å². The van der Waals surface area contributed by atoms with E-state index in [1.54, 1.807) is 0 Å². The van der Waals surface area contributed by atoms with Gasteiger partial charge in [-0.05, 0) is 73.9 Å². The van der Waals surface area contributed by atoms with Crippen LogP contribution in [0, 0.1) is 3.57 Å². The molecule has 0 saturated heterocycles. The monoisotopic (exact) mass is 333 g/mol. The van der Waals surface area contributed by atoms with Crippen LogP contribution in [0.2, 0.25) is 0 Å². The fraction of sp³-hybridized carbons (Fsp3) is 0.417. The summed E-state index contributed by atoms with van der Waals surface area (Å²) in [5.74, 6) is 0.00940. The van der Waals surface area contributed by atoms with Gasteiger partial charge in [-0.1, -0.05) is 0 Å². The van der Waals surface area contributed by atoms with Gasteiger partial charge in [0.1, 0.15) is 0 Å². The Morgan fingerprint density at radius 2 is 1.94 bits per heavy atom. The van der Waals surface area contributed by atoms with Gasteiger partial charge >= 0.3 is 0 Å². The van der Waals surface area contributed by atoms with Crippen molar-refractivity contribution < 1.29 is 4.79 Å². The summed E-state index contributed by atoms with van der Waals surface area (Å²) in [6.45, 7) is 1.72. The van der Waals surface area contributed by atoms with Crippen molar-refractivity contribution in [1.82, 2.24) is 10.2 Å². The fourth-order valence-electron chi connectivity index (χ4n) is 1.30. The first-order valence-corrected chi connectivity index (χ1v) is 6.36. The molecular formula is C12H17IN2O. The van der Waals surface area contributed by atoms with Crippen LogP contribution in [0.25, 0.3) is 0 Å². The second kappa shape index (κ2) is 6.85. The van der Waals surface area contributed by atoms with Crippen molar-refractivity contribution in [2.45, 2.75) is 6.42 Å². The topological polar surface area (TPSA) is 32.3 Å². The van der Waals surface area contributed by atoms with E-state index in [1.807, 2.05) is 38.4 Å². The second-order valence-electron chi connectivity index (χ2n) is 3.92. The van der Waals surface area contributed by atoms with Crippen LogP contribution in [0.4, 0.5) is 0 Å². The molecule has 4 heteroatoms. The molecule has 1 rings (SSSR count). The average Bonchev–Trinajstić information content (AvgIpc) is 2.25. The number of rotatable bonds is 5. The lowest BCUT2D eigenvalue weighted by Gasteiger charge is -2.09. The molecule has 0 heterocycles. The molecule has 0 bridgehead atoms. The average molecular weight is 333 g/mol. The third kappa shape index (κ3) is 4.94. The SMILES string of the molecule is CN(C)CC[13CH2]NC(=O)c1ccc(I)cc1. The predicted molar refractivity (Wildman–Crippen MR) is 74.7 cm³/mol. The van der Waals surface area contributed by atoms with Gasteiger partial charge in [-0.15, -0.1) is 0 Å². The summed E-state index contributed by atoms with van der Waals surface area (Å²) in [5.41, 5.74) is 0.727. The quantitative estimate of drug-likeness (QED) is 0.508. The molecule has 0 fully saturated rings. The first-order chi connectivity index (χ1) is 7.59. The highest BCUT2D eigenvalue weighted by Crippen LogP contribution is 2.06. The highest BCUT2D eigenvalue weighted by Gasteiger charge is 2.03. The number of nitrogens with zero attached hydrogens (tertiary/aromatic N) is 1. The molecule has 0 radical (unpaired) electrons. The van der Waals surface area contributed by atoms with E-state index < -0.39 is 0 Å². The molecule has 0 atom stereocenters. The number of hydrogen-bond donors (Lipinski definition) is 1. The van der Waals surface area contributed by atoms with Crippen LogP contribution < -0.4 is 5.32 Å². The van der Waals surface area contributed by atoms with Crippen LogP contribution in [0.3, 0.4) is 0 Å². The van der Waals surface area contributed by atoms with E-state index in [4.69, 9.17) is 0 Å². The Hall–Kier alpha value is -0.620. The molecule has 1 N–H and O–H groups in total. The largest absolute Gasteiger partial charge is 0.352 e. The van der Waals surface area contributed by atoms with Gasteiger partial charge in [0.15, 0.2) is 0 Å². The lowest BCUT2D eigenvalue weighted by atomic mass is 10.2. The Balaban J connectivity index is 2.32. The van der Waals surface area contributed by atoms with Crippen LogP contribution in [-0.4, -0.2) is 38.0 Å². The molecule has 0 saturated carbocycles. The summed E-state index contributed by atoms with van der Waals surface area (Å²) in [4.78, 5) is 13.8. The lowest BCUT2D eigenvalue weighted by molar-refractivity contribution is 0.0952. The van der Waals surface area contributed by atoms with Crippen LogP contribution >= 0.6 is 22.6 Å². The summed E-state index contributed by atoms with van der Waals surface area (Å²) >= 11 is 2.22. The molecule has 1 aromatic carbocycles. The van der Waals surface area contributed by atoms with Crippen molar-refractivity contribution in [2.24, 2.45) is 0 Å². The molecule has 88 valence electrons. The third-order valence-corrected chi connectivity index (χ3v) is 2.89. The normalized spacial score (nSPS) is 10.5. The standard InChI is InChI=1S/C12H17IN2O/c1-15(2)9-3-8-14-12(16)10-4-6-11(13)7-5-10/h4-7H,3,8-9H2,1-2H3,(H,14,16)/i8+1. The minimum absolute atomic E-state index is 0.00940. The molecular weight excluding hydrogens is 316 g/mol. The molecule has 1 amide bonds. The fourth-order valence-corrected chi connectivity index (χ4v) is 1.66. The minimum atomic E-state index is 0.00940. The molecule has 0 aliphatic rings. The lowest BCUT2D eigenvalue weighted by Crippen LogP contribution is -2.27. The Bertz CT molecular complexity index is 335. The van der Waals surface area contributed by atoms with Crippen molar-refractivity contribution in [3.05, 3.63) is 33.4 Å². The molecule has 0 aromatic heterocycles. The van der Waals surface area contributed by atoms with Crippen molar-refractivity contribution in [1.29, 1.82) is 0 Å². The Morgan fingerprint density at radius 3 is 2.50 bits per heavy atom. The summed E-state index contributed by atoms with van der Waals surface area (Å²) in [7, 11) is 4.06. The van der Waals surface area contributed by atoms with Gasteiger partial charge in [0.05, 0.1) is 0 Å². The zero-order valence-corrected chi connectivity index (χ0v) is 11.8. The van der Waals surface area contributed by atoms with Crippen LogP contribution in [0.15, 0.2) is 24.3 Å². The molecule has 0 spiro atoms. The maximum atomic E-state index is 11.7. The minimum Gasteiger partial charge on any atom is -0.352 e. The summed E-state index contributed by atoms with van der Waals surface area (Å²) in [5, 5.41) is 2.91. The first kappa shape index (κ1) is 13.4. The summed E-state index contributed by atoms with van der Waals surface area (Å²) in [6.07, 6.45) is 0.975. The Morgan fingerprint density at radius 1 is 1.31 bits per heavy atom. The zero-order valence-electron chi connectivity index (χ0n) is 9.66. The van der Waals surface area contributed by atoms with Gasteiger partial charge in [0.25, 0.3) is 5.91 Å². The van der Waals surface area contributed by atoms with Crippen molar-refractivity contribution in [3.63, 3.8) is 0 Å². The van der Waals surface area contributed by atoms with E-state index in [-0.39, 0.29) is 5.91 Å². The summed E-state index contributed by atoms with van der Waals surface area (Å²) in [6, 6.07) is 7.58. The number of amides is 1. The number of halogens is 1. The third-order valence-electron chi connectivity index (χ3n) is 2.17. The maximum Gasteiger partial charge on any atom is 0.251 e. The Kier molecular flexibility index (Phi) is 5.76. The van der Waals surface area contributed by atoms with Crippen molar-refractivity contribution >= 4 is 28.5 Å². The van der Waals surface area contributed by atoms with Gasteiger partial charge in [-0.2, -0.15) is 0 Å². The van der Waals surface area contributed by atoms with Gasteiger partial charge in [0.2, 0.25) is 0 Å². The molecule has 3 nitrogen and oxygen atoms in total. The number of hydrogen-bond acceptors (Lipinski definition) is 2. The molecule has 1 aromatic rings. The van der Waals surface area contributed by atoms with Crippen LogP contribution in [0.5, 0.6) is 0 Å². The van der Waals surface area contributed by atoms with Gasteiger partial charge in [0, 0.05) is 15.7 Å². The molecule has 0 aliphatic heterocycles. The van der Waals surface area contributed by atoms with E-state index in [2.05, 4.69) is 32.8 Å². The number of benzene rings is 1. The molecule has 0 aliphatic carbocycles. The smallest absolute Gasteiger partial charge is 0.251 e. The van der Waals surface area contributed by atoms with Crippen LogP contribution in [-0.2, 0) is 0 Å². The number of nitrogens with one attached hydrogen (secondary N) is 1. The van der Waals surface area contributed by atoms with E-state index in [9.17, 15) is 4.79 Å². The van der Waals surface area contributed by atoms with Gasteiger partial charge in [-0.3, -0.25) is 4.79 Å². The number of carbonyl (C=O) groups excluding carboxylic acids is 1. The summed E-state index contributed by atoms with van der Waals surface area (Å²) < 4.78 is 1.14. The molecule has 16 heavy (non-hydrogen) atoms. The number of carbonyl (C=O) groups is 1. The van der Waals surface area contributed by atoms with Gasteiger partial charge in [-0.25, -0.2) is 0 Å². The van der Waals surface area contributed by atoms with Crippen LogP contribution in [0.1, 0.15) is 16.8 Å². The zero-order chi connectivity index (χ0) is 12.0. The van der Waals surface area contributed by atoms with Gasteiger partial charge < -0.3 is 10.2 Å². The Labute approximate surface area is 110 Å². The van der Waals surface area contributed by atoms with Crippen molar-refractivity contribution in [3.8, 4) is 0 Å². The first-order valence-electron chi connectivity index (χ1n) is 5.28. The predicted octanol–water partition coefficient (Wildman–Crippen LogP) is 1.97.